The van der Waals surface area contributed by atoms with Crippen LogP contribution in [0.15, 0.2) is 0 Å². The van der Waals surface area contributed by atoms with Crippen molar-refractivity contribution in [1.82, 2.24) is 5.32 Å². The van der Waals surface area contributed by atoms with Gasteiger partial charge in [0.05, 0.1) is 0 Å². The Morgan fingerprint density at radius 2 is 1.85 bits per heavy atom. The Morgan fingerprint density at radius 1 is 1.15 bits per heavy atom. The summed E-state index contributed by atoms with van der Waals surface area (Å²) >= 11 is 0. The maximum absolute atomic E-state index is 6.34. The SMILES string of the molecule is CC1(C)[C@@H]2C[C@H]1C(N)C1CNCC12. The lowest BCUT2D eigenvalue weighted by atomic mass is 9.42. The van der Waals surface area contributed by atoms with E-state index in [4.69, 9.17) is 5.73 Å². The third-order valence-corrected chi connectivity index (χ3v) is 5.21. The quantitative estimate of drug-likeness (QED) is 0.579. The number of hydrogen-bond acceptors (Lipinski definition) is 2. The molecule has 5 atom stereocenters. The number of rotatable bonds is 0. The topological polar surface area (TPSA) is 38.0 Å². The van der Waals surface area contributed by atoms with Crippen molar-refractivity contribution in [2.45, 2.75) is 26.3 Å². The summed E-state index contributed by atoms with van der Waals surface area (Å²) in [4.78, 5) is 0. The highest BCUT2D eigenvalue weighted by Crippen LogP contribution is 2.63. The van der Waals surface area contributed by atoms with Gasteiger partial charge in [-0.05, 0) is 48.6 Å². The number of nitrogens with one attached hydrogen (secondary N) is 1. The lowest BCUT2D eigenvalue weighted by Gasteiger charge is -2.64. The Balaban J connectivity index is 1.93. The van der Waals surface area contributed by atoms with Gasteiger partial charge in [0.1, 0.15) is 0 Å². The van der Waals surface area contributed by atoms with Gasteiger partial charge in [0.15, 0.2) is 0 Å². The Kier molecular flexibility index (Phi) is 1.45. The second-order valence-electron chi connectivity index (χ2n) is 5.83. The van der Waals surface area contributed by atoms with Gasteiger partial charge in [0, 0.05) is 6.04 Å². The minimum Gasteiger partial charge on any atom is -0.327 e. The van der Waals surface area contributed by atoms with Crippen LogP contribution >= 0.6 is 0 Å². The minimum absolute atomic E-state index is 0.472. The highest BCUT2D eigenvalue weighted by molar-refractivity contribution is 5.13. The Labute approximate surface area is 80.3 Å². The van der Waals surface area contributed by atoms with Gasteiger partial charge >= 0.3 is 0 Å². The van der Waals surface area contributed by atoms with Gasteiger partial charge < -0.3 is 11.1 Å². The summed E-state index contributed by atoms with van der Waals surface area (Å²) in [6.07, 6.45) is 1.40. The lowest BCUT2D eigenvalue weighted by molar-refractivity contribution is -0.132. The lowest BCUT2D eigenvalue weighted by Crippen LogP contribution is -2.65. The van der Waals surface area contributed by atoms with E-state index in [9.17, 15) is 0 Å². The Morgan fingerprint density at radius 3 is 2.54 bits per heavy atom. The molecule has 3 saturated carbocycles. The fourth-order valence-corrected chi connectivity index (χ4v) is 4.26. The molecule has 2 bridgehead atoms. The van der Waals surface area contributed by atoms with E-state index in [1.807, 2.05) is 0 Å². The van der Waals surface area contributed by atoms with Crippen LogP contribution in [0, 0.1) is 29.1 Å². The summed E-state index contributed by atoms with van der Waals surface area (Å²) in [6, 6.07) is 0.472. The van der Waals surface area contributed by atoms with E-state index < -0.39 is 0 Å². The molecule has 3 unspecified atom stereocenters. The molecule has 0 aromatic rings. The molecule has 0 spiro atoms. The van der Waals surface area contributed by atoms with E-state index in [-0.39, 0.29) is 0 Å². The Hall–Kier alpha value is -0.0800. The second-order valence-corrected chi connectivity index (χ2v) is 5.83. The predicted molar refractivity (Wildman–Crippen MR) is 53.2 cm³/mol. The van der Waals surface area contributed by atoms with Crippen molar-refractivity contribution in [1.29, 1.82) is 0 Å². The molecule has 1 heterocycles. The van der Waals surface area contributed by atoms with Gasteiger partial charge in [-0.3, -0.25) is 0 Å². The van der Waals surface area contributed by atoms with E-state index in [0.29, 0.717) is 11.5 Å². The predicted octanol–water partition coefficient (Wildman–Crippen LogP) is 0.825. The summed E-state index contributed by atoms with van der Waals surface area (Å²) < 4.78 is 0. The van der Waals surface area contributed by atoms with Crippen LogP contribution in [0.3, 0.4) is 0 Å². The van der Waals surface area contributed by atoms with Crippen molar-refractivity contribution in [3.05, 3.63) is 0 Å². The van der Waals surface area contributed by atoms with E-state index in [1.165, 1.54) is 19.5 Å². The van der Waals surface area contributed by atoms with Crippen molar-refractivity contribution < 1.29 is 0 Å². The first-order chi connectivity index (χ1) is 6.12. The van der Waals surface area contributed by atoms with Gasteiger partial charge in [-0.2, -0.15) is 0 Å². The smallest absolute Gasteiger partial charge is 0.0116 e. The van der Waals surface area contributed by atoms with E-state index in [1.54, 1.807) is 0 Å². The first-order valence-corrected chi connectivity index (χ1v) is 5.58. The van der Waals surface area contributed by atoms with Crippen LogP contribution in [0.4, 0.5) is 0 Å². The molecule has 1 aliphatic heterocycles. The van der Waals surface area contributed by atoms with Crippen molar-refractivity contribution in [2.24, 2.45) is 34.8 Å². The molecule has 3 N–H and O–H groups in total. The van der Waals surface area contributed by atoms with Gasteiger partial charge in [-0.15, -0.1) is 0 Å². The third-order valence-electron chi connectivity index (χ3n) is 5.21. The van der Waals surface area contributed by atoms with Crippen molar-refractivity contribution in [2.75, 3.05) is 13.1 Å². The van der Waals surface area contributed by atoms with Crippen LogP contribution in [0.25, 0.3) is 0 Å². The molecule has 2 nitrogen and oxygen atoms in total. The largest absolute Gasteiger partial charge is 0.327 e. The van der Waals surface area contributed by atoms with E-state index >= 15 is 0 Å². The molecule has 4 rings (SSSR count). The molecule has 0 amide bonds. The average molecular weight is 180 g/mol. The normalized spacial score (nSPS) is 57.0. The maximum atomic E-state index is 6.34. The summed E-state index contributed by atoms with van der Waals surface area (Å²) in [6.45, 7) is 7.23. The van der Waals surface area contributed by atoms with Crippen molar-refractivity contribution in [3.8, 4) is 0 Å². The molecule has 74 valence electrons. The van der Waals surface area contributed by atoms with E-state index in [0.717, 1.165) is 23.7 Å². The summed E-state index contributed by atoms with van der Waals surface area (Å²) in [5.74, 6) is 3.43. The molecular weight excluding hydrogens is 160 g/mol. The zero-order valence-electron chi connectivity index (χ0n) is 8.59. The molecule has 1 saturated heterocycles. The second kappa shape index (κ2) is 2.29. The molecule has 3 aliphatic carbocycles. The molecule has 2 heteroatoms. The van der Waals surface area contributed by atoms with Crippen LogP contribution < -0.4 is 11.1 Å². The summed E-state index contributed by atoms with van der Waals surface area (Å²) in [7, 11) is 0. The van der Waals surface area contributed by atoms with Crippen LogP contribution in [0.2, 0.25) is 0 Å². The zero-order valence-corrected chi connectivity index (χ0v) is 8.59. The molecule has 0 aromatic heterocycles. The molecule has 0 aromatic carbocycles. The van der Waals surface area contributed by atoms with E-state index in [2.05, 4.69) is 19.2 Å². The first kappa shape index (κ1) is 8.25. The monoisotopic (exact) mass is 180 g/mol. The molecular formula is C11H20N2. The highest BCUT2D eigenvalue weighted by atomic mass is 15.0. The Bertz CT molecular complexity index is 234. The molecule has 13 heavy (non-hydrogen) atoms. The van der Waals surface area contributed by atoms with Gasteiger partial charge in [-0.1, -0.05) is 13.8 Å². The first-order valence-electron chi connectivity index (χ1n) is 5.58. The van der Waals surface area contributed by atoms with Crippen molar-refractivity contribution >= 4 is 0 Å². The van der Waals surface area contributed by atoms with Crippen LogP contribution in [0.5, 0.6) is 0 Å². The van der Waals surface area contributed by atoms with Gasteiger partial charge in [-0.25, -0.2) is 0 Å². The fourth-order valence-electron chi connectivity index (χ4n) is 4.26. The minimum atomic E-state index is 0.472. The number of nitrogens with two attached hydrogens (primary N) is 1. The van der Waals surface area contributed by atoms with Gasteiger partial charge in [0.25, 0.3) is 0 Å². The fraction of sp³-hybridized carbons (Fsp3) is 1.00. The third kappa shape index (κ3) is 0.816. The van der Waals surface area contributed by atoms with Crippen molar-refractivity contribution in [3.63, 3.8) is 0 Å². The van der Waals surface area contributed by atoms with Crippen LogP contribution in [-0.2, 0) is 0 Å². The van der Waals surface area contributed by atoms with Crippen LogP contribution in [0.1, 0.15) is 20.3 Å². The standard InChI is InChI=1S/C11H20N2/c1-11(2)8-3-9(11)10(12)7-5-13-4-6(7)8/h6-10,13H,3-5,12H2,1-2H3/t6?,7?,8-,9+,10?/m1/s1. The maximum Gasteiger partial charge on any atom is 0.0116 e. The van der Waals surface area contributed by atoms with Crippen LogP contribution in [-0.4, -0.2) is 19.1 Å². The average Bonchev–Trinajstić information content (AvgIpc) is 2.51. The zero-order chi connectivity index (χ0) is 9.22. The molecule has 4 fully saturated rings. The highest BCUT2D eigenvalue weighted by Gasteiger charge is 2.61. The molecule has 0 radical (unpaired) electrons. The van der Waals surface area contributed by atoms with Gasteiger partial charge in [0.2, 0.25) is 0 Å². The summed E-state index contributed by atoms with van der Waals surface area (Å²) in [5.41, 5.74) is 6.87. The molecule has 4 aliphatic rings. The number of hydrogen-bond donors (Lipinski definition) is 2. The summed E-state index contributed by atoms with van der Waals surface area (Å²) in [5, 5.41) is 3.51.